The van der Waals surface area contributed by atoms with Crippen molar-refractivity contribution in [2.75, 3.05) is 20.3 Å². The van der Waals surface area contributed by atoms with Gasteiger partial charge in [-0.3, -0.25) is 0 Å². The lowest BCUT2D eigenvalue weighted by Crippen LogP contribution is -2.25. The average molecular weight is 263 g/mol. The number of methoxy groups -OCH3 is 1. The number of benzene rings is 1. The molecular weight excluding hydrogens is 238 g/mol. The van der Waals surface area contributed by atoms with Gasteiger partial charge >= 0.3 is 0 Å². The highest BCUT2D eigenvalue weighted by atomic mass is 16.5. The largest absolute Gasteiger partial charge is 0.493 e. The van der Waals surface area contributed by atoms with E-state index in [1.54, 1.807) is 7.11 Å². The maximum absolute atomic E-state index is 6.19. The van der Waals surface area contributed by atoms with E-state index in [9.17, 15) is 0 Å². The maximum atomic E-state index is 6.19. The number of ether oxygens (including phenoxy) is 2. The third-order valence-corrected chi connectivity index (χ3v) is 3.71. The lowest BCUT2D eigenvalue weighted by atomic mass is 9.96. The van der Waals surface area contributed by atoms with Crippen molar-refractivity contribution in [3.05, 3.63) is 29.3 Å². The Labute approximate surface area is 116 Å². The van der Waals surface area contributed by atoms with E-state index in [-0.39, 0.29) is 6.04 Å². The van der Waals surface area contributed by atoms with Gasteiger partial charge in [-0.2, -0.15) is 0 Å². The van der Waals surface area contributed by atoms with Gasteiger partial charge in [-0.1, -0.05) is 19.1 Å². The summed E-state index contributed by atoms with van der Waals surface area (Å²) in [7, 11) is 1.74. The van der Waals surface area contributed by atoms with Gasteiger partial charge in [0.2, 0.25) is 0 Å². The molecule has 1 aromatic rings. The van der Waals surface area contributed by atoms with Gasteiger partial charge in [-0.05, 0) is 42.4 Å². The summed E-state index contributed by atoms with van der Waals surface area (Å²) in [5, 5.41) is 0. The Bertz CT molecular complexity index is 406. The zero-order valence-electron chi connectivity index (χ0n) is 12.0. The molecule has 1 aromatic carbocycles. The molecule has 0 radical (unpaired) electrons. The van der Waals surface area contributed by atoms with Gasteiger partial charge in [0.1, 0.15) is 5.75 Å². The third-order valence-electron chi connectivity index (χ3n) is 3.71. The second-order valence-electron chi connectivity index (χ2n) is 5.64. The second kappa shape index (κ2) is 6.92. The molecular formula is C16H25NO2. The minimum absolute atomic E-state index is 0.259. The standard InChI is InChI=1S/C16H25NO2/c1-12(11-18-2)9-15(17)5-3-13-4-6-16-14(10-13)7-8-19-16/h4,6,10,12,15H,3,5,7-9,11,17H2,1-2H3. The molecule has 0 saturated carbocycles. The summed E-state index contributed by atoms with van der Waals surface area (Å²) in [6, 6.07) is 6.79. The first-order valence-corrected chi connectivity index (χ1v) is 7.18. The fourth-order valence-corrected chi connectivity index (χ4v) is 2.73. The molecule has 3 heteroatoms. The van der Waals surface area contributed by atoms with E-state index in [0.717, 1.165) is 44.6 Å². The molecule has 2 atom stereocenters. The SMILES string of the molecule is COCC(C)CC(N)CCc1ccc2c(c1)CCO2. The highest BCUT2D eigenvalue weighted by molar-refractivity contribution is 5.39. The summed E-state index contributed by atoms with van der Waals surface area (Å²) in [6.07, 6.45) is 4.16. The van der Waals surface area contributed by atoms with Gasteiger partial charge in [0.25, 0.3) is 0 Å². The Morgan fingerprint density at radius 2 is 2.26 bits per heavy atom. The van der Waals surface area contributed by atoms with Crippen LogP contribution in [0.2, 0.25) is 0 Å². The van der Waals surface area contributed by atoms with Crippen LogP contribution in [-0.2, 0) is 17.6 Å². The van der Waals surface area contributed by atoms with E-state index >= 15 is 0 Å². The lowest BCUT2D eigenvalue weighted by Gasteiger charge is -2.16. The molecule has 0 aliphatic carbocycles. The minimum Gasteiger partial charge on any atom is -0.493 e. The molecule has 19 heavy (non-hydrogen) atoms. The van der Waals surface area contributed by atoms with Crippen molar-refractivity contribution in [2.24, 2.45) is 11.7 Å². The Hall–Kier alpha value is -1.06. The smallest absolute Gasteiger partial charge is 0.122 e. The van der Waals surface area contributed by atoms with Crippen molar-refractivity contribution >= 4 is 0 Å². The van der Waals surface area contributed by atoms with Gasteiger partial charge in [0.15, 0.2) is 0 Å². The molecule has 1 aliphatic heterocycles. The van der Waals surface area contributed by atoms with Crippen LogP contribution in [0.4, 0.5) is 0 Å². The first-order chi connectivity index (χ1) is 9.19. The van der Waals surface area contributed by atoms with Gasteiger partial charge in [0, 0.05) is 26.2 Å². The highest BCUT2D eigenvalue weighted by Gasteiger charge is 2.13. The summed E-state index contributed by atoms with van der Waals surface area (Å²) in [6.45, 7) is 3.81. The molecule has 0 saturated heterocycles. The molecule has 0 aromatic heterocycles. The summed E-state index contributed by atoms with van der Waals surface area (Å²) in [4.78, 5) is 0. The van der Waals surface area contributed by atoms with Gasteiger partial charge in [-0.15, -0.1) is 0 Å². The zero-order valence-corrected chi connectivity index (χ0v) is 12.0. The van der Waals surface area contributed by atoms with E-state index in [0.29, 0.717) is 5.92 Å². The fourth-order valence-electron chi connectivity index (χ4n) is 2.73. The molecule has 1 aliphatic rings. The van der Waals surface area contributed by atoms with E-state index in [1.807, 2.05) is 0 Å². The van der Waals surface area contributed by atoms with E-state index in [4.69, 9.17) is 15.2 Å². The quantitative estimate of drug-likeness (QED) is 0.822. The van der Waals surface area contributed by atoms with E-state index in [2.05, 4.69) is 25.1 Å². The second-order valence-corrected chi connectivity index (χ2v) is 5.64. The molecule has 0 spiro atoms. The minimum atomic E-state index is 0.259. The van der Waals surface area contributed by atoms with Crippen LogP contribution in [0.25, 0.3) is 0 Å². The molecule has 1 heterocycles. The maximum Gasteiger partial charge on any atom is 0.122 e. The topological polar surface area (TPSA) is 44.5 Å². The van der Waals surface area contributed by atoms with Gasteiger partial charge in [0.05, 0.1) is 6.61 Å². The van der Waals surface area contributed by atoms with Gasteiger partial charge < -0.3 is 15.2 Å². The number of nitrogens with two attached hydrogens (primary N) is 1. The van der Waals surface area contributed by atoms with Crippen LogP contribution in [0, 0.1) is 5.92 Å². The van der Waals surface area contributed by atoms with Gasteiger partial charge in [-0.25, -0.2) is 0 Å². The van der Waals surface area contributed by atoms with Crippen molar-refractivity contribution in [3.63, 3.8) is 0 Å². The van der Waals surface area contributed by atoms with E-state index < -0.39 is 0 Å². The highest BCUT2D eigenvalue weighted by Crippen LogP contribution is 2.26. The van der Waals surface area contributed by atoms with Crippen LogP contribution < -0.4 is 10.5 Å². The van der Waals surface area contributed by atoms with Crippen LogP contribution in [0.1, 0.15) is 30.9 Å². The number of rotatable bonds is 7. The third kappa shape index (κ3) is 4.22. The predicted molar refractivity (Wildman–Crippen MR) is 77.6 cm³/mol. The summed E-state index contributed by atoms with van der Waals surface area (Å²) < 4.78 is 10.7. The normalized spacial score (nSPS) is 16.8. The number of fused-ring (bicyclic) bond motifs is 1. The van der Waals surface area contributed by atoms with Crippen molar-refractivity contribution in [2.45, 2.75) is 38.6 Å². The first kappa shape index (κ1) is 14.4. The molecule has 0 bridgehead atoms. The molecule has 0 amide bonds. The molecule has 3 nitrogen and oxygen atoms in total. The Kier molecular flexibility index (Phi) is 5.23. The van der Waals surface area contributed by atoms with Crippen molar-refractivity contribution in [1.29, 1.82) is 0 Å². The molecule has 0 fully saturated rings. The summed E-state index contributed by atoms with van der Waals surface area (Å²) in [5.41, 5.74) is 8.91. The van der Waals surface area contributed by atoms with Crippen LogP contribution in [0.5, 0.6) is 5.75 Å². The summed E-state index contributed by atoms with van der Waals surface area (Å²) >= 11 is 0. The van der Waals surface area contributed by atoms with Crippen molar-refractivity contribution < 1.29 is 9.47 Å². The molecule has 2 unspecified atom stereocenters. The van der Waals surface area contributed by atoms with E-state index in [1.165, 1.54) is 11.1 Å². The van der Waals surface area contributed by atoms with Crippen LogP contribution in [0.3, 0.4) is 0 Å². The van der Waals surface area contributed by atoms with Crippen LogP contribution in [-0.4, -0.2) is 26.4 Å². The zero-order chi connectivity index (χ0) is 13.7. The number of aryl methyl sites for hydroxylation is 1. The molecule has 106 valence electrons. The number of hydrogen-bond donors (Lipinski definition) is 1. The Morgan fingerprint density at radius 1 is 1.42 bits per heavy atom. The lowest BCUT2D eigenvalue weighted by molar-refractivity contribution is 0.151. The van der Waals surface area contributed by atoms with Crippen molar-refractivity contribution in [1.82, 2.24) is 0 Å². The Balaban J connectivity index is 1.78. The van der Waals surface area contributed by atoms with Crippen LogP contribution in [0.15, 0.2) is 18.2 Å². The monoisotopic (exact) mass is 263 g/mol. The fraction of sp³-hybridized carbons (Fsp3) is 0.625. The number of hydrogen-bond acceptors (Lipinski definition) is 3. The predicted octanol–water partition coefficient (Wildman–Crippen LogP) is 2.55. The molecule has 2 N–H and O–H groups in total. The van der Waals surface area contributed by atoms with Crippen molar-refractivity contribution in [3.8, 4) is 5.75 Å². The molecule has 2 rings (SSSR count). The van der Waals surface area contributed by atoms with Crippen LogP contribution >= 0.6 is 0 Å². The average Bonchev–Trinajstić information content (AvgIpc) is 2.83. The first-order valence-electron chi connectivity index (χ1n) is 7.18. The Morgan fingerprint density at radius 3 is 3.05 bits per heavy atom. The summed E-state index contributed by atoms with van der Waals surface area (Å²) in [5.74, 6) is 1.59.